The van der Waals surface area contributed by atoms with Crippen LogP contribution in [0.5, 0.6) is 5.75 Å². The number of nitrogens with zero attached hydrogens (tertiary/aromatic N) is 4. The highest BCUT2D eigenvalue weighted by Crippen LogP contribution is 2.45. The maximum absolute atomic E-state index is 12.8. The van der Waals surface area contributed by atoms with Crippen LogP contribution in [0.15, 0.2) is 29.4 Å². The van der Waals surface area contributed by atoms with Crippen molar-refractivity contribution >= 4 is 34.0 Å². The van der Waals surface area contributed by atoms with Crippen LogP contribution in [0.3, 0.4) is 0 Å². The van der Waals surface area contributed by atoms with Gasteiger partial charge in [-0.25, -0.2) is 0 Å². The first kappa shape index (κ1) is 29.2. The number of carbonyl (C=O) groups excluding carboxylic acids is 1. The van der Waals surface area contributed by atoms with Crippen LogP contribution in [0, 0.1) is 22.7 Å². The van der Waals surface area contributed by atoms with Gasteiger partial charge in [0.1, 0.15) is 23.4 Å². The van der Waals surface area contributed by atoms with Gasteiger partial charge in [0.05, 0.1) is 11.3 Å². The number of fused-ring (bicyclic) bond motifs is 1. The molecule has 3 aromatic rings. The molecule has 1 amide bonds. The number of hydrogen-bond donors (Lipinski definition) is 1. The van der Waals surface area contributed by atoms with Gasteiger partial charge in [0.2, 0.25) is 5.91 Å². The van der Waals surface area contributed by atoms with Crippen molar-refractivity contribution in [1.29, 1.82) is 5.26 Å². The van der Waals surface area contributed by atoms with Crippen molar-refractivity contribution in [2.24, 2.45) is 18.4 Å². The van der Waals surface area contributed by atoms with Gasteiger partial charge in [-0.3, -0.25) is 4.79 Å². The summed E-state index contributed by atoms with van der Waals surface area (Å²) in [6.07, 6.45) is 4.09. The Hall–Kier alpha value is -2.83. The van der Waals surface area contributed by atoms with Crippen LogP contribution in [-0.2, 0) is 36.7 Å². The predicted molar refractivity (Wildman–Crippen MR) is 158 cm³/mol. The molecule has 39 heavy (non-hydrogen) atoms. The van der Waals surface area contributed by atoms with E-state index in [4.69, 9.17) is 4.74 Å². The molecule has 1 aliphatic rings. The average Bonchev–Trinajstić information content (AvgIpc) is 3.43. The molecule has 1 aliphatic carbocycles. The smallest absolute Gasteiger partial charge is 0.235 e. The second-order valence-electron chi connectivity index (χ2n) is 12.0. The van der Waals surface area contributed by atoms with E-state index in [0.717, 1.165) is 37.0 Å². The van der Waals surface area contributed by atoms with Gasteiger partial charge in [-0.1, -0.05) is 71.9 Å². The van der Waals surface area contributed by atoms with Gasteiger partial charge < -0.3 is 14.6 Å². The molecule has 0 saturated heterocycles. The standard InChI is InChI=1S/C30H39N5O2S2/c1-8-30(5,6)20-11-14-22-23(16-31)27(39-24(22)15-20)32-26(36)18-38-28-34-33-25(35(28)7)17-37-21-12-9-19(10-13-21)29(2,3)4/h9-10,12-13,20H,8,11,14-15,17-18H2,1-7H3,(H,32,36). The molecule has 1 atom stereocenters. The molecule has 0 fully saturated rings. The molecule has 2 aromatic heterocycles. The molecule has 0 saturated carbocycles. The predicted octanol–water partition coefficient (Wildman–Crippen LogP) is 6.90. The Balaban J connectivity index is 1.33. The van der Waals surface area contributed by atoms with Crippen molar-refractivity contribution < 1.29 is 9.53 Å². The number of benzene rings is 1. The molecule has 0 radical (unpaired) electrons. The van der Waals surface area contributed by atoms with Gasteiger partial charge in [-0.15, -0.1) is 21.5 Å². The van der Waals surface area contributed by atoms with Crippen molar-refractivity contribution in [3.05, 3.63) is 51.7 Å². The Morgan fingerprint density at radius 1 is 1.23 bits per heavy atom. The number of thioether (sulfide) groups is 1. The lowest BCUT2D eigenvalue weighted by Crippen LogP contribution is -2.28. The fourth-order valence-corrected chi connectivity index (χ4v) is 6.86. The third-order valence-electron chi connectivity index (χ3n) is 7.99. The maximum atomic E-state index is 12.8. The first-order valence-corrected chi connectivity index (χ1v) is 15.3. The molecule has 208 valence electrons. The number of amides is 1. The lowest BCUT2D eigenvalue weighted by Gasteiger charge is -2.36. The van der Waals surface area contributed by atoms with Gasteiger partial charge >= 0.3 is 0 Å². The molecule has 1 unspecified atom stereocenters. The van der Waals surface area contributed by atoms with Crippen LogP contribution >= 0.6 is 23.1 Å². The number of rotatable bonds is 9. The Kier molecular flexibility index (Phi) is 8.77. The molecule has 0 aliphatic heterocycles. The van der Waals surface area contributed by atoms with E-state index in [1.807, 2.05) is 23.7 Å². The Morgan fingerprint density at radius 2 is 1.95 bits per heavy atom. The fraction of sp³-hybridized carbons (Fsp3) is 0.533. The number of nitrogens with one attached hydrogen (secondary N) is 1. The van der Waals surface area contributed by atoms with Crippen molar-refractivity contribution in [2.75, 3.05) is 11.1 Å². The highest BCUT2D eigenvalue weighted by molar-refractivity contribution is 7.99. The summed E-state index contributed by atoms with van der Waals surface area (Å²) >= 11 is 2.89. The van der Waals surface area contributed by atoms with E-state index in [-0.39, 0.29) is 29.1 Å². The van der Waals surface area contributed by atoms with Gasteiger partial charge in [-0.2, -0.15) is 5.26 Å². The summed E-state index contributed by atoms with van der Waals surface area (Å²) in [7, 11) is 1.87. The molecule has 0 spiro atoms. The normalized spacial score (nSPS) is 15.5. The van der Waals surface area contributed by atoms with Crippen molar-refractivity contribution in [3.8, 4) is 11.8 Å². The SMILES string of the molecule is CCC(C)(C)C1CCc2c(sc(NC(=O)CSc3nnc(COc4ccc(C(C)(C)C)cc4)n3C)c2C#N)C1. The van der Waals surface area contributed by atoms with E-state index in [2.05, 4.69) is 75.3 Å². The number of thiophene rings is 1. The quantitative estimate of drug-likeness (QED) is 0.284. The van der Waals surface area contributed by atoms with Crippen LogP contribution in [-0.4, -0.2) is 26.4 Å². The summed E-state index contributed by atoms with van der Waals surface area (Å²) in [5.74, 6) is 2.08. The first-order chi connectivity index (χ1) is 18.4. The molecule has 7 nitrogen and oxygen atoms in total. The van der Waals surface area contributed by atoms with Gasteiger partial charge in [0, 0.05) is 11.9 Å². The van der Waals surface area contributed by atoms with Crippen molar-refractivity contribution in [1.82, 2.24) is 14.8 Å². The molecular weight excluding hydrogens is 526 g/mol. The zero-order chi connectivity index (χ0) is 28.4. The highest BCUT2D eigenvalue weighted by atomic mass is 32.2. The summed E-state index contributed by atoms with van der Waals surface area (Å²) in [6.45, 7) is 13.7. The molecule has 4 rings (SSSR count). The molecule has 1 N–H and O–H groups in total. The Labute approximate surface area is 240 Å². The minimum atomic E-state index is -0.153. The lowest BCUT2D eigenvalue weighted by molar-refractivity contribution is -0.113. The van der Waals surface area contributed by atoms with Gasteiger partial charge in [-0.05, 0) is 59.3 Å². The number of carbonyl (C=O) groups is 1. The fourth-order valence-electron chi connectivity index (χ4n) is 4.84. The number of aromatic nitrogens is 3. The number of ether oxygens (including phenoxy) is 1. The van der Waals surface area contributed by atoms with Gasteiger partial charge in [0.25, 0.3) is 0 Å². The van der Waals surface area contributed by atoms with Crippen LogP contribution in [0.2, 0.25) is 0 Å². The minimum Gasteiger partial charge on any atom is -0.486 e. The third kappa shape index (κ3) is 6.67. The number of anilines is 1. The average molecular weight is 566 g/mol. The second kappa shape index (κ2) is 11.7. The molecule has 0 bridgehead atoms. The monoisotopic (exact) mass is 565 g/mol. The summed E-state index contributed by atoms with van der Waals surface area (Å²) in [5.41, 5.74) is 3.37. The Morgan fingerprint density at radius 3 is 2.59 bits per heavy atom. The van der Waals surface area contributed by atoms with E-state index >= 15 is 0 Å². The van der Waals surface area contributed by atoms with Crippen molar-refractivity contribution in [3.63, 3.8) is 0 Å². The van der Waals surface area contributed by atoms with Crippen LogP contribution in [0.1, 0.15) is 81.8 Å². The van der Waals surface area contributed by atoms with Crippen molar-refractivity contribution in [2.45, 2.75) is 84.4 Å². The summed E-state index contributed by atoms with van der Waals surface area (Å²) in [6, 6.07) is 10.5. The number of hydrogen-bond acceptors (Lipinski definition) is 7. The summed E-state index contributed by atoms with van der Waals surface area (Å²) in [4.78, 5) is 14.1. The maximum Gasteiger partial charge on any atom is 0.235 e. The molecule has 1 aromatic carbocycles. The van der Waals surface area contributed by atoms with E-state index < -0.39 is 0 Å². The second-order valence-corrected chi connectivity index (χ2v) is 14.0. The summed E-state index contributed by atoms with van der Waals surface area (Å²) < 4.78 is 7.77. The lowest BCUT2D eigenvalue weighted by atomic mass is 9.69. The van der Waals surface area contributed by atoms with Gasteiger partial charge in [0.15, 0.2) is 11.0 Å². The zero-order valence-electron chi connectivity index (χ0n) is 24.1. The topological polar surface area (TPSA) is 92.8 Å². The van der Waals surface area contributed by atoms with E-state index in [1.54, 1.807) is 11.3 Å². The Bertz CT molecular complexity index is 1360. The first-order valence-electron chi connectivity index (χ1n) is 13.5. The highest BCUT2D eigenvalue weighted by Gasteiger charge is 2.34. The molecule has 2 heterocycles. The van der Waals surface area contributed by atoms with E-state index in [9.17, 15) is 10.1 Å². The van der Waals surface area contributed by atoms with Crippen LogP contribution < -0.4 is 10.1 Å². The van der Waals surface area contributed by atoms with E-state index in [1.165, 1.54) is 22.2 Å². The minimum absolute atomic E-state index is 0.0918. The third-order valence-corrected chi connectivity index (χ3v) is 10.2. The molecule has 9 heteroatoms. The summed E-state index contributed by atoms with van der Waals surface area (Å²) in [5, 5.41) is 22.7. The largest absolute Gasteiger partial charge is 0.486 e. The van der Waals surface area contributed by atoms with Crippen LogP contribution in [0.25, 0.3) is 0 Å². The van der Waals surface area contributed by atoms with E-state index in [0.29, 0.717) is 27.5 Å². The molecular formula is C30H39N5O2S2. The zero-order valence-corrected chi connectivity index (χ0v) is 25.7. The van der Waals surface area contributed by atoms with Crippen LogP contribution in [0.4, 0.5) is 5.00 Å². The number of nitriles is 1.